The van der Waals surface area contributed by atoms with Crippen LogP contribution in [0.4, 0.5) is 0 Å². The monoisotopic (exact) mass is 313 g/mol. The Bertz CT molecular complexity index is 424. The molecule has 0 radical (unpaired) electrons. The lowest BCUT2D eigenvalue weighted by Gasteiger charge is -2.16. The lowest BCUT2D eigenvalue weighted by molar-refractivity contribution is -0.132. The summed E-state index contributed by atoms with van der Waals surface area (Å²) < 4.78 is 6.32. The van der Waals surface area contributed by atoms with E-state index in [1.165, 1.54) is 0 Å². The van der Waals surface area contributed by atoms with Crippen LogP contribution in [0.15, 0.2) is 28.7 Å². The standard InChI is InChI=1S/C13H16BrNO3/c14-11-3-1-2-4-12(11)18-9-13(17)15-6-5-10(7-15)8-16/h1-4,10,16H,5-9H2. The molecule has 1 aliphatic heterocycles. The normalized spacial score (nSPS) is 19.0. The third-order valence-corrected chi connectivity index (χ3v) is 3.74. The summed E-state index contributed by atoms with van der Waals surface area (Å²) >= 11 is 3.37. The van der Waals surface area contributed by atoms with Gasteiger partial charge in [0.1, 0.15) is 5.75 Å². The zero-order valence-corrected chi connectivity index (χ0v) is 11.6. The van der Waals surface area contributed by atoms with Gasteiger partial charge in [0.25, 0.3) is 5.91 Å². The van der Waals surface area contributed by atoms with Crippen LogP contribution in [0.5, 0.6) is 5.75 Å². The Hall–Kier alpha value is -1.07. The molecule has 1 saturated heterocycles. The van der Waals surface area contributed by atoms with Crippen LogP contribution in [0.1, 0.15) is 6.42 Å². The molecule has 1 N–H and O–H groups in total. The topological polar surface area (TPSA) is 49.8 Å². The van der Waals surface area contributed by atoms with Gasteiger partial charge in [0.2, 0.25) is 0 Å². The van der Waals surface area contributed by atoms with Crippen molar-refractivity contribution in [2.24, 2.45) is 5.92 Å². The maximum Gasteiger partial charge on any atom is 0.260 e. The molecule has 1 aliphatic rings. The summed E-state index contributed by atoms with van der Waals surface area (Å²) in [6, 6.07) is 7.45. The van der Waals surface area contributed by atoms with Gasteiger partial charge in [0, 0.05) is 25.6 Å². The number of halogens is 1. The number of benzene rings is 1. The van der Waals surface area contributed by atoms with Crippen LogP contribution in [-0.4, -0.2) is 42.2 Å². The van der Waals surface area contributed by atoms with Crippen molar-refractivity contribution < 1.29 is 14.6 Å². The van der Waals surface area contributed by atoms with Gasteiger partial charge in [0.05, 0.1) is 4.47 Å². The minimum atomic E-state index is -0.0262. The number of aliphatic hydroxyl groups excluding tert-OH is 1. The summed E-state index contributed by atoms with van der Waals surface area (Å²) in [5.74, 6) is 0.864. The molecule has 0 spiro atoms. The molecule has 4 nitrogen and oxygen atoms in total. The van der Waals surface area contributed by atoms with Crippen molar-refractivity contribution in [2.45, 2.75) is 6.42 Å². The van der Waals surface area contributed by atoms with Gasteiger partial charge in [0.15, 0.2) is 6.61 Å². The quantitative estimate of drug-likeness (QED) is 0.920. The molecule has 0 bridgehead atoms. The second-order valence-electron chi connectivity index (χ2n) is 4.40. The predicted octanol–water partition coefficient (Wildman–Crippen LogP) is 1.67. The molecule has 1 atom stereocenters. The van der Waals surface area contributed by atoms with Crippen LogP contribution < -0.4 is 4.74 Å². The smallest absolute Gasteiger partial charge is 0.260 e. The van der Waals surface area contributed by atoms with E-state index in [0.717, 1.165) is 10.9 Å². The summed E-state index contributed by atoms with van der Waals surface area (Å²) in [4.78, 5) is 13.6. The number of hydrogen-bond donors (Lipinski definition) is 1. The summed E-state index contributed by atoms with van der Waals surface area (Å²) in [6.07, 6.45) is 0.872. The van der Waals surface area contributed by atoms with Crippen LogP contribution >= 0.6 is 15.9 Å². The number of carbonyl (C=O) groups is 1. The first kappa shape index (κ1) is 13.4. The maximum absolute atomic E-state index is 11.9. The SMILES string of the molecule is O=C(COc1ccccc1Br)N1CCC(CO)C1. The third-order valence-electron chi connectivity index (χ3n) is 3.08. The summed E-state index contributed by atoms with van der Waals surface area (Å²) in [6.45, 7) is 1.54. The van der Waals surface area contributed by atoms with E-state index in [1.54, 1.807) is 4.90 Å². The van der Waals surface area contributed by atoms with E-state index in [0.29, 0.717) is 18.8 Å². The van der Waals surface area contributed by atoms with Gasteiger partial charge in [-0.1, -0.05) is 12.1 Å². The van der Waals surface area contributed by atoms with Crippen molar-refractivity contribution in [3.63, 3.8) is 0 Å². The highest BCUT2D eigenvalue weighted by Gasteiger charge is 2.25. The molecule has 0 saturated carbocycles. The summed E-state index contributed by atoms with van der Waals surface area (Å²) in [5, 5.41) is 9.03. The van der Waals surface area contributed by atoms with Gasteiger partial charge < -0.3 is 14.7 Å². The minimum Gasteiger partial charge on any atom is -0.483 e. The molecule has 1 amide bonds. The molecule has 1 fully saturated rings. The number of ether oxygens (including phenoxy) is 1. The number of likely N-dealkylation sites (tertiary alicyclic amines) is 1. The minimum absolute atomic E-state index is 0.0262. The van der Waals surface area contributed by atoms with Crippen molar-refractivity contribution in [1.82, 2.24) is 4.90 Å². The largest absolute Gasteiger partial charge is 0.483 e. The van der Waals surface area contributed by atoms with Gasteiger partial charge in [-0.25, -0.2) is 0 Å². The number of aliphatic hydroxyl groups is 1. The molecule has 98 valence electrons. The van der Waals surface area contributed by atoms with E-state index in [2.05, 4.69) is 15.9 Å². The molecule has 1 heterocycles. The highest BCUT2D eigenvalue weighted by molar-refractivity contribution is 9.10. The van der Waals surface area contributed by atoms with Gasteiger partial charge in [-0.15, -0.1) is 0 Å². The highest BCUT2D eigenvalue weighted by atomic mass is 79.9. The van der Waals surface area contributed by atoms with Crippen LogP contribution in [0.3, 0.4) is 0 Å². The van der Waals surface area contributed by atoms with Crippen molar-refractivity contribution in [3.8, 4) is 5.75 Å². The molecule has 1 unspecified atom stereocenters. The summed E-state index contributed by atoms with van der Waals surface area (Å²) in [5.41, 5.74) is 0. The van der Waals surface area contributed by atoms with Crippen molar-refractivity contribution in [3.05, 3.63) is 28.7 Å². The fourth-order valence-electron chi connectivity index (χ4n) is 2.00. The number of para-hydroxylation sites is 1. The fourth-order valence-corrected chi connectivity index (χ4v) is 2.40. The van der Waals surface area contributed by atoms with Crippen molar-refractivity contribution in [1.29, 1.82) is 0 Å². The van der Waals surface area contributed by atoms with E-state index in [9.17, 15) is 4.79 Å². The number of carbonyl (C=O) groups excluding carboxylic acids is 1. The zero-order valence-electron chi connectivity index (χ0n) is 10.0. The first-order valence-corrected chi connectivity index (χ1v) is 6.76. The molecular weight excluding hydrogens is 298 g/mol. The fraction of sp³-hybridized carbons (Fsp3) is 0.462. The van der Waals surface area contributed by atoms with Crippen molar-refractivity contribution >= 4 is 21.8 Å². The predicted molar refractivity (Wildman–Crippen MR) is 71.4 cm³/mol. The number of rotatable bonds is 4. The van der Waals surface area contributed by atoms with Crippen molar-refractivity contribution in [2.75, 3.05) is 26.3 Å². The Kier molecular flexibility index (Phi) is 4.60. The Morgan fingerprint density at radius 3 is 2.94 bits per heavy atom. The van der Waals surface area contributed by atoms with Gasteiger partial charge in [-0.05, 0) is 34.5 Å². The van der Waals surface area contributed by atoms with Crippen LogP contribution in [0.25, 0.3) is 0 Å². The Morgan fingerprint density at radius 2 is 2.28 bits per heavy atom. The van der Waals surface area contributed by atoms with E-state index >= 15 is 0 Å². The molecule has 18 heavy (non-hydrogen) atoms. The molecule has 1 aromatic carbocycles. The molecule has 0 aliphatic carbocycles. The van der Waals surface area contributed by atoms with Gasteiger partial charge in [-0.3, -0.25) is 4.79 Å². The van der Waals surface area contributed by atoms with Gasteiger partial charge in [-0.2, -0.15) is 0 Å². The second-order valence-corrected chi connectivity index (χ2v) is 5.25. The second kappa shape index (κ2) is 6.20. The molecule has 0 aromatic heterocycles. The van der Waals surface area contributed by atoms with Crippen LogP contribution in [0, 0.1) is 5.92 Å². The maximum atomic E-state index is 11.9. The number of hydrogen-bond acceptors (Lipinski definition) is 3. The van der Waals surface area contributed by atoms with E-state index < -0.39 is 0 Å². The average molecular weight is 314 g/mol. The molecule has 2 rings (SSSR count). The first-order valence-electron chi connectivity index (χ1n) is 5.96. The Labute approximate surface area is 115 Å². The van der Waals surface area contributed by atoms with E-state index in [1.807, 2.05) is 24.3 Å². The molecule has 1 aromatic rings. The third kappa shape index (κ3) is 3.23. The average Bonchev–Trinajstić information content (AvgIpc) is 2.86. The number of amides is 1. The molecular formula is C13H16BrNO3. The lowest BCUT2D eigenvalue weighted by Crippen LogP contribution is -2.33. The summed E-state index contributed by atoms with van der Waals surface area (Å²) in [7, 11) is 0. The van der Waals surface area contributed by atoms with Crippen LogP contribution in [-0.2, 0) is 4.79 Å². The Balaban J connectivity index is 1.84. The first-order chi connectivity index (χ1) is 8.70. The lowest BCUT2D eigenvalue weighted by atomic mass is 10.1. The van der Waals surface area contributed by atoms with Gasteiger partial charge >= 0.3 is 0 Å². The van der Waals surface area contributed by atoms with E-state index in [-0.39, 0.29) is 25.0 Å². The Morgan fingerprint density at radius 1 is 1.50 bits per heavy atom. The molecule has 5 heteroatoms. The highest BCUT2D eigenvalue weighted by Crippen LogP contribution is 2.24. The zero-order chi connectivity index (χ0) is 13.0. The van der Waals surface area contributed by atoms with E-state index in [4.69, 9.17) is 9.84 Å². The van der Waals surface area contributed by atoms with Crippen LogP contribution in [0.2, 0.25) is 0 Å². The number of nitrogens with zero attached hydrogens (tertiary/aromatic N) is 1.